The standard InChI is InChI=1S/C13H20N2O2.ClH/c1-17-11-13(16)15(10-8-14)9-7-12-5-3-2-4-6-12;/h2-6H,7-11,14H2,1H3;1H. The topological polar surface area (TPSA) is 55.6 Å². The third-order valence-electron chi connectivity index (χ3n) is 2.53. The minimum absolute atomic E-state index is 0. The summed E-state index contributed by atoms with van der Waals surface area (Å²) >= 11 is 0. The predicted molar refractivity (Wildman–Crippen MR) is 74.9 cm³/mol. The van der Waals surface area contributed by atoms with Crippen LogP contribution in [0.4, 0.5) is 0 Å². The van der Waals surface area contributed by atoms with Gasteiger partial charge in [-0.25, -0.2) is 0 Å². The molecule has 0 aliphatic heterocycles. The van der Waals surface area contributed by atoms with E-state index in [0.717, 1.165) is 6.42 Å². The molecule has 4 nitrogen and oxygen atoms in total. The van der Waals surface area contributed by atoms with Crippen molar-refractivity contribution in [3.8, 4) is 0 Å². The third-order valence-corrected chi connectivity index (χ3v) is 2.53. The van der Waals surface area contributed by atoms with E-state index < -0.39 is 0 Å². The van der Waals surface area contributed by atoms with E-state index in [2.05, 4.69) is 12.1 Å². The fourth-order valence-corrected chi connectivity index (χ4v) is 1.64. The maximum atomic E-state index is 11.7. The first-order valence-corrected chi connectivity index (χ1v) is 5.78. The van der Waals surface area contributed by atoms with Crippen molar-refractivity contribution < 1.29 is 9.53 Å². The number of carbonyl (C=O) groups excluding carboxylic acids is 1. The van der Waals surface area contributed by atoms with Crippen molar-refractivity contribution in [1.82, 2.24) is 4.90 Å². The van der Waals surface area contributed by atoms with E-state index in [9.17, 15) is 4.79 Å². The van der Waals surface area contributed by atoms with Crippen molar-refractivity contribution in [3.05, 3.63) is 35.9 Å². The van der Waals surface area contributed by atoms with Crippen molar-refractivity contribution in [2.24, 2.45) is 5.73 Å². The number of rotatable bonds is 7. The van der Waals surface area contributed by atoms with E-state index in [1.165, 1.54) is 12.7 Å². The Balaban J connectivity index is 0.00000289. The highest BCUT2D eigenvalue weighted by atomic mass is 35.5. The minimum Gasteiger partial charge on any atom is -0.375 e. The summed E-state index contributed by atoms with van der Waals surface area (Å²) in [5, 5.41) is 0. The lowest BCUT2D eigenvalue weighted by Gasteiger charge is -2.21. The molecule has 0 saturated carbocycles. The Hall–Kier alpha value is -1.10. The summed E-state index contributed by atoms with van der Waals surface area (Å²) in [5.41, 5.74) is 6.72. The number of halogens is 1. The van der Waals surface area contributed by atoms with Crippen LogP contribution in [-0.4, -0.2) is 44.2 Å². The molecule has 0 spiro atoms. The molecule has 0 atom stereocenters. The van der Waals surface area contributed by atoms with Gasteiger partial charge in [-0.2, -0.15) is 0 Å². The van der Waals surface area contributed by atoms with Crippen molar-refractivity contribution >= 4 is 18.3 Å². The molecule has 1 amide bonds. The van der Waals surface area contributed by atoms with Gasteiger partial charge in [-0.1, -0.05) is 30.3 Å². The third kappa shape index (κ3) is 6.00. The Labute approximate surface area is 115 Å². The molecule has 1 rings (SSSR count). The lowest BCUT2D eigenvalue weighted by Crippen LogP contribution is -2.38. The van der Waals surface area contributed by atoms with Crippen molar-refractivity contribution in [2.75, 3.05) is 33.4 Å². The van der Waals surface area contributed by atoms with E-state index in [1.54, 1.807) is 4.90 Å². The van der Waals surface area contributed by atoms with Gasteiger partial charge in [0.05, 0.1) is 0 Å². The normalized spacial score (nSPS) is 9.67. The SMILES string of the molecule is COCC(=O)N(CCN)CCc1ccccc1.Cl. The molecule has 0 heterocycles. The summed E-state index contributed by atoms with van der Waals surface area (Å²) in [6.45, 7) is 1.86. The molecule has 0 unspecified atom stereocenters. The van der Waals surface area contributed by atoms with Crippen molar-refractivity contribution in [2.45, 2.75) is 6.42 Å². The maximum Gasteiger partial charge on any atom is 0.248 e. The van der Waals surface area contributed by atoms with Crippen LogP contribution in [0.15, 0.2) is 30.3 Å². The number of benzene rings is 1. The number of amides is 1. The zero-order chi connectivity index (χ0) is 12.5. The Morgan fingerprint density at radius 3 is 2.50 bits per heavy atom. The van der Waals surface area contributed by atoms with Gasteiger partial charge in [0.25, 0.3) is 0 Å². The molecule has 0 aliphatic carbocycles. The van der Waals surface area contributed by atoms with E-state index in [-0.39, 0.29) is 24.9 Å². The number of ether oxygens (including phenoxy) is 1. The molecule has 0 fully saturated rings. The average Bonchev–Trinajstić information content (AvgIpc) is 2.36. The molecule has 0 aliphatic rings. The molecule has 1 aromatic carbocycles. The van der Waals surface area contributed by atoms with Crippen LogP contribution in [0.1, 0.15) is 5.56 Å². The Kier molecular flexibility index (Phi) is 9.28. The fourth-order valence-electron chi connectivity index (χ4n) is 1.64. The van der Waals surface area contributed by atoms with Crippen LogP contribution in [0.25, 0.3) is 0 Å². The lowest BCUT2D eigenvalue weighted by molar-refractivity contribution is -0.135. The number of hydrogen-bond donors (Lipinski definition) is 1. The largest absolute Gasteiger partial charge is 0.375 e. The predicted octanol–water partition coefficient (Wildman–Crippen LogP) is 1.08. The quantitative estimate of drug-likeness (QED) is 0.808. The first-order chi connectivity index (χ1) is 8.27. The van der Waals surface area contributed by atoms with Crippen molar-refractivity contribution in [1.29, 1.82) is 0 Å². The van der Waals surface area contributed by atoms with E-state index in [4.69, 9.17) is 10.5 Å². The second kappa shape index (κ2) is 9.88. The number of hydrogen-bond acceptors (Lipinski definition) is 3. The first-order valence-electron chi connectivity index (χ1n) is 5.78. The van der Waals surface area contributed by atoms with Crippen molar-refractivity contribution in [3.63, 3.8) is 0 Å². The van der Waals surface area contributed by atoms with Gasteiger partial charge < -0.3 is 15.4 Å². The number of carbonyl (C=O) groups is 1. The van der Waals surface area contributed by atoms with Crippen LogP contribution in [0.3, 0.4) is 0 Å². The van der Waals surface area contributed by atoms with Gasteiger partial charge in [0, 0.05) is 26.7 Å². The molecular weight excluding hydrogens is 252 g/mol. The van der Waals surface area contributed by atoms with E-state index in [0.29, 0.717) is 19.6 Å². The monoisotopic (exact) mass is 272 g/mol. The second-order valence-electron chi connectivity index (χ2n) is 3.84. The molecule has 102 valence electrons. The fraction of sp³-hybridized carbons (Fsp3) is 0.462. The highest BCUT2D eigenvalue weighted by Crippen LogP contribution is 2.01. The van der Waals surface area contributed by atoms with Crippen LogP contribution >= 0.6 is 12.4 Å². The number of nitrogens with two attached hydrogens (primary N) is 1. The van der Waals surface area contributed by atoms with Gasteiger partial charge in [0.1, 0.15) is 6.61 Å². The number of nitrogens with zero attached hydrogens (tertiary/aromatic N) is 1. The molecule has 5 heteroatoms. The zero-order valence-corrected chi connectivity index (χ0v) is 11.5. The van der Waals surface area contributed by atoms with Crippen LogP contribution in [0.2, 0.25) is 0 Å². The van der Waals surface area contributed by atoms with Gasteiger partial charge in [0.2, 0.25) is 5.91 Å². The molecule has 1 aromatic rings. The van der Waals surface area contributed by atoms with Crippen LogP contribution in [-0.2, 0) is 16.0 Å². The Morgan fingerprint density at radius 2 is 1.94 bits per heavy atom. The molecule has 0 aromatic heterocycles. The van der Waals surface area contributed by atoms with Gasteiger partial charge in [0.15, 0.2) is 0 Å². The first kappa shape index (κ1) is 16.9. The van der Waals surface area contributed by atoms with E-state index in [1.807, 2.05) is 18.2 Å². The lowest BCUT2D eigenvalue weighted by atomic mass is 10.1. The van der Waals surface area contributed by atoms with Gasteiger partial charge in [-0.05, 0) is 12.0 Å². The molecule has 0 bridgehead atoms. The molecule has 18 heavy (non-hydrogen) atoms. The van der Waals surface area contributed by atoms with E-state index >= 15 is 0 Å². The Morgan fingerprint density at radius 1 is 1.28 bits per heavy atom. The minimum atomic E-state index is -0.00567. The highest BCUT2D eigenvalue weighted by Gasteiger charge is 2.11. The summed E-state index contributed by atoms with van der Waals surface area (Å²) in [4.78, 5) is 13.4. The molecule has 2 N–H and O–H groups in total. The summed E-state index contributed by atoms with van der Waals surface area (Å²) < 4.78 is 4.85. The average molecular weight is 273 g/mol. The van der Waals surface area contributed by atoms with Crippen LogP contribution < -0.4 is 5.73 Å². The molecular formula is C13H21ClN2O2. The summed E-state index contributed by atoms with van der Waals surface area (Å²) in [6.07, 6.45) is 0.844. The van der Waals surface area contributed by atoms with Gasteiger partial charge >= 0.3 is 0 Å². The molecule has 0 radical (unpaired) electrons. The zero-order valence-electron chi connectivity index (χ0n) is 10.7. The maximum absolute atomic E-state index is 11.7. The summed E-state index contributed by atoms with van der Waals surface area (Å²) in [7, 11) is 1.52. The smallest absolute Gasteiger partial charge is 0.248 e. The Bertz CT molecular complexity index is 333. The van der Waals surface area contributed by atoms with Crippen LogP contribution in [0.5, 0.6) is 0 Å². The van der Waals surface area contributed by atoms with Crippen LogP contribution in [0, 0.1) is 0 Å². The summed E-state index contributed by atoms with van der Waals surface area (Å²) in [5.74, 6) is -0.00567. The van der Waals surface area contributed by atoms with Gasteiger partial charge in [-0.3, -0.25) is 4.79 Å². The molecule has 0 saturated heterocycles. The second-order valence-corrected chi connectivity index (χ2v) is 3.84. The highest BCUT2D eigenvalue weighted by molar-refractivity contribution is 5.85. The summed E-state index contributed by atoms with van der Waals surface area (Å²) in [6, 6.07) is 10.1. The number of methoxy groups -OCH3 is 1. The van der Waals surface area contributed by atoms with Gasteiger partial charge in [-0.15, -0.1) is 12.4 Å².